The van der Waals surface area contributed by atoms with Crippen LogP contribution < -0.4 is 0 Å². The third kappa shape index (κ3) is 3.19. The Kier molecular flexibility index (Phi) is 4.67. The van der Waals surface area contributed by atoms with Crippen LogP contribution in [0.15, 0.2) is 11.6 Å². The van der Waals surface area contributed by atoms with Crippen LogP contribution in [0.2, 0.25) is 0 Å². The van der Waals surface area contributed by atoms with E-state index in [2.05, 4.69) is 13.8 Å². The van der Waals surface area contributed by atoms with Crippen molar-refractivity contribution < 1.29 is 14.6 Å². The van der Waals surface area contributed by atoms with E-state index in [1.54, 1.807) is 0 Å². The van der Waals surface area contributed by atoms with Crippen molar-refractivity contribution in [2.24, 2.45) is 17.8 Å². The predicted molar refractivity (Wildman–Crippen MR) is 74.5 cm³/mol. The zero-order chi connectivity index (χ0) is 14.0. The summed E-state index contributed by atoms with van der Waals surface area (Å²) in [5.74, 6) is 1.36. The molecule has 3 heteroatoms. The Morgan fingerprint density at radius 2 is 2.26 bits per heavy atom. The number of carbonyl (C=O) groups excluding carboxylic acids is 1. The van der Waals surface area contributed by atoms with E-state index in [1.807, 2.05) is 6.08 Å². The summed E-state index contributed by atoms with van der Waals surface area (Å²) in [6.07, 6.45) is 6.55. The summed E-state index contributed by atoms with van der Waals surface area (Å²) in [5, 5.41) is 9.95. The van der Waals surface area contributed by atoms with E-state index in [0.29, 0.717) is 24.2 Å². The van der Waals surface area contributed by atoms with Crippen LogP contribution >= 0.6 is 0 Å². The van der Waals surface area contributed by atoms with Gasteiger partial charge in [0.25, 0.3) is 0 Å². The molecule has 2 rings (SSSR count). The molecule has 0 aliphatic heterocycles. The fraction of sp³-hybridized carbons (Fsp3) is 0.812. The largest absolute Gasteiger partial charge is 0.462 e. The van der Waals surface area contributed by atoms with Crippen LogP contribution in [0.25, 0.3) is 0 Å². The van der Waals surface area contributed by atoms with Gasteiger partial charge < -0.3 is 9.84 Å². The van der Waals surface area contributed by atoms with Gasteiger partial charge in [0.1, 0.15) is 6.10 Å². The molecular weight excluding hydrogens is 240 g/mol. The quantitative estimate of drug-likeness (QED) is 0.631. The van der Waals surface area contributed by atoms with Crippen LogP contribution in [-0.4, -0.2) is 23.3 Å². The lowest BCUT2D eigenvalue weighted by molar-refractivity contribution is -0.152. The molecule has 2 aliphatic carbocycles. The van der Waals surface area contributed by atoms with Crippen molar-refractivity contribution >= 4 is 5.97 Å². The molecule has 0 radical (unpaired) electrons. The standard InChI is InChI=1S/C16H26O3/c1-4-5-14-10(2)6-7-12-8-13(18)9-15(16(12)14)19-11(3)17/h8,10,13-16,18H,4-7,9H2,1-3H3/t10-,13?,14-,15-,16-/m0/s1. The van der Waals surface area contributed by atoms with Crippen molar-refractivity contribution in [3.63, 3.8) is 0 Å². The monoisotopic (exact) mass is 266 g/mol. The SMILES string of the molecule is CCC[C@@H]1[C@@H]2C(=CC(O)C[C@@H]2OC(C)=O)CC[C@@H]1C. The van der Waals surface area contributed by atoms with Gasteiger partial charge in [0.2, 0.25) is 0 Å². The van der Waals surface area contributed by atoms with Crippen LogP contribution in [0.1, 0.15) is 52.9 Å². The van der Waals surface area contributed by atoms with Gasteiger partial charge >= 0.3 is 5.97 Å². The van der Waals surface area contributed by atoms with E-state index >= 15 is 0 Å². The van der Waals surface area contributed by atoms with Gasteiger partial charge in [-0.1, -0.05) is 31.9 Å². The zero-order valence-electron chi connectivity index (χ0n) is 12.3. The molecule has 0 heterocycles. The average molecular weight is 266 g/mol. The lowest BCUT2D eigenvalue weighted by Crippen LogP contribution is -2.43. The van der Waals surface area contributed by atoms with Crippen molar-refractivity contribution in [2.75, 3.05) is 0 Å². The minimum Gasteiger partial charge on any atom is -0.462 e. The first-order valence-electron chi connectivity index (χ1n) is 7.58. The Labute approximate surface area is 116 Å². The summed E-state index contributed by atoms with van der Waals surface area (Å²) in [6.45, 7) is 5.99. The van der Waals surface area contributed by atoms with Crippen molar-refractivity contribution in [2.45, 2.75) is 65.1 Å². The van der Waals surface area contributed by atoms with Gasteiger partial charge in [-0.3, -0.25) is 4.79 Å². The van der Waals surface area contributed by atoms with Crippen LogP contribution in [0.4, 0.5) is 0 Å². The number of rotatable bonds is 3. The highest BCUT2D eigenvalue weighted by molar-refractivity contribution is 5.66. The lowest BCUT2D eigenvalue weighted by Gasteiger charge is -2.45. The Morgan fingerprint density at radius 1 is 1.53 bits per heavy atom. The summed E-state index contributed by atoms with van der Waals surface area (Å²) in [5.41, 5.74) is 1.32. The summed E-state index contributed by atoms with van der Waals surface area (Å²) in [6, 6.07) is 0. The molecular formula is C16H26O3. The number of hydrogen-bond acceptors (Lipinski definition) is 3. The number of ether oxygens (including phenoxy) is 1. The first kappa shape index (κ1) is 14.6. The highest BCUT2D eigenvalue weighted by Gasteiger charge is 2.42. The summed E-state index contributed by atoms with van der Waals surface area (Å²) >= 11 is 0. The van der Waals surface area contributed by atoms with E-state index in [1.165, 1.54) is 25.3 Å². The van der Waals surface area contributed by atoms with Crippen molar-refractivity contribution in [1.29, 1.82) is 0 Å². The van der Waals surface area contributed by atoms with E-state index in [4.69, 9.17) is 4.74 Å². The Morgan fingerprint density at radius 3 is 2.89 bits per heavy atom. The summed E-state index contributed by atoms with van der Waals surface area (Å²) in [7, 11) is 0. The number of fused-ring (bicyclic) bond motifs is 1. The summed E-state index contributed by atoms with van der Waals surface area (Å²) < 4.78 is 5.52. The third-order valence-corrected chi connectivity index (χ3v) is 4.73. The zero-order valence-corrected chi connectivity index (χ0v) is 12.3. The molecule has 19 heavy (non-hydrogen) atoms. The van der Waals surface area contributed by atoms with Gasteiger partial charge in [-0.05, 0) is 31.1 Å². The van der Waals surface area contributed by atoms with Crippen LogP contribution in [-0.2, 0) is 9.53 Å². The Hall–Kier alpha value is -0.830. The second kappa shape index (κ2) is 6.08. The molecule has 108 valence electrons. The van der Waals surface area contributed by atoms with E-state index in [9.17, 15) is 9.90 Å². The van der Waals surface area contributed by atoms with Crippen molar-refractivity contribution in [1.82, 2.24) is 0 Å². The molecule has 5 atom stereocenters. The molecule has 1 unspecified atom stereocenters. The van der Waals surface area contributed by atoms with E-state index in [0.717, 1.165) is 12.8 Å². The number of aliphatic hydroxyl groups is 1. The molecule has 1 saturated carbocycles. The fourth-order valence-electron chi connectivity index (χ4n) is 3.94. The van der Waals surface area contributed by atoms with Crippen LogP contribution in [0.5, 0.6) is 0 Å². The molecule has 0 bridgehead atoms. The molecule has 0 spiro atoms. The maximum absolute atomic E-state index is 11.3. The lowest BCUT2D eigenvalue weighted by atomic mass is 9.63. The summed E-state index contributed by atoms with van der Waals surface area (Å²) in [4.78, 5) is 11.3. The molecule has 2 aliphatic rings. The number of carbonyl (C=O) groups is 1. The molecule has 1 N–H and O–H groups in total. The van der Waals surface area contributed by atoms with Crippen LogP contribution in [0.3, 0.4) is 0 Å². The van der Waals surface area contributed by atoms with Gasteiger partial charge in [-0.15, -0.1) is 0 Å². The highest BCUT2D eigenvalue weighted by atomic mass is 16.5. The first-order valence-corrected chi connectivity index (χ1v) is 7.58. The maximum Gasteiger partial charge on any atom is 0.302 e. The number of hydrogen-bond donors (Lipinski definition) is 1. The van der Waals surface area contributed by atoms with Gasteiger partial charge in [-0.2, -0.15) is 0 Å². The highest BCUT2D eigenvalue weighted by Crippen LogP contribution is 2.46. The van der Waals surface area contributed by atoms with Gasteiger partial charge in [-0.25, -0.2) is 0 Å². The molecule has 0 aromatic heterocycles. The average Bonchev–Trinajstić information content (AvgIpc) is 2.32. The van der Waals surface area contributed by atoms with Gasteiger partial charge in [0.05, 0.1) is 6.10 Å². The van der Waals surface area contributed by atoms with Crippen LogP contribution in [0, 0.1) is 17.8 Å². The second-order valence-corrected chi connectivity index (χ2v) is 6.19. The molecule has 0 aromatic rings. The Balaban J connectivity index is 2.25. The maximum atomic E-state index is 11.3. The van der Waals surface area contributed by atoms with Crippen molar-refractivity contribution in [3.8, 4) is 0 Å². The molecule has 0 saturated heterocycles. The normalized spacial score (nSPS) is 38.3. The van der Waals surface area contributed by atoms with Gasteiger partial charge in [0, 0.05) is 19.3 Å². The number of aliphatic hydroxyl groups excluding tert-OH is 1. The first-order chi connectivity index (χ1) is 9.02. The second-order valence-electron chi connectivity index (χ2n) is 6.19. The predicted octanol–water partition coefficient (Wildman–Crippen LogP) is 3.07. The van der Waals surface area contributed by atoms with E-state index in [-0.39, 0.29) is 12.1 Å². The van der Waals surface area contributed by atoms with E-state index < -0.39 is 6.10 Å². The molecule has 1 fully saturated rings. The van der Waals surface area contributed by atoms with Gasteiger partial charge in [0.15, 0.2) is 0 Å². The molecule has 0 amide bonds. The third-order valence-electron chi connectivity index (χ3n) is 4.73. The topological polar surface area (TPSA) is 46.5 Å². The minimum atomic E-state index is -0.453. The molecule has 3 nitrogen and oxygen atoms in total. The Bertz CT molecular complexity index is 361. The number of esters is 1. The molecule has 0 aromatic carbocycles. The minimum absolute atomic E-state index is 0.133. The fourth-order valence-corrected chi connectivity index (χ4v) is 3.94. The smallest absolute Gasteiger partial charge is 0.302 e. The van der Waals surface area contributed by atoms with Crippen molar-refractivity contribution in [3.05, 3.63) is 11.6 Å².